The molecule has 26 heavy (non-hydrogen) atoms. The van der Waals surface area contributed by atoms with Crippen LogP contribution in [0.15, 0.2) is 48.5 Å². The minimum atomic E-state index is -0.488. The van der Waals surface area contributed by atoms with Gasteiger partial charge in [0.1, 0.15) is 11.6 Å². The highest BCUT2D eigenvalue weighted by atomic mass is 79.9. The number of likely N-dealkylation sites (N-methyl/N-ethyl adjacent to an activating group) is 1. The average molecular weight is 423 g/mol. The van der Waals surface area contributed by atoms with E-state index in [2.05, 4.69) is 21.2 Å². The van der Waals surface area contributed by atoms with Crippen molar-refractivity contribution in [2.45, 2.75) is 17.3 Å². The fourth-order valence-corrected chi connectivity index (χ4v) is 3.19. The van der Waals surface area contributed by atoms with Gasteiger partial charge in [0, 0.05) is 6.54 Å². The lowest BCUT2D eigenvalue weighted by Gasteiger charge is -2.26. The molecule has 0 heterocycles. The van der Waals surface area contributed by atoms with Crippen molar-refractivity contribution in [3.8, 4) is 5.75 Å². The van der Waals surface area contributed by atoms with E-state index >= 15 is 0 Å². The van der Waals surface area contributed by atoms with Gasteiger partial charge in [-0.05, 0) is 49.8 Å². The molecule has 0 spiro atoms. The molecule has 0 saturated carbocycles. The Labute approximate surface area is 162 Å². The van der Waals surface area contributed by atoms with Crippen LogP contribution in [0.5, 0.6) is 5.75 Å². The van der Waals surface area contributed by atoms with E-state index in [1.54, 1.807) is 25.3 Å². The number of hydrogen-bond acceptors (Lipinski definition) is 3. The van der Waals surface area contributed by atoms with Crippen molar-refractivity contribution in [1.82, 2.24) is 10.2 Å². The Morgan fingerprint density at radius 1 is 1.19 bits per heavy atom. The van der Waals surface area contributed by atoms with Crippen LogP contribution in [0.4, 0.5) is 4.39 Å². The summed E-state index contributed by atoms with van der Waals surface area (Å²) in [5.74, 6) is 0.337. The molecule has 0 bridgehead atoms. The van der Waals surface area contributed by atoms with Gasteiger partial charge in [0.2, 0.25) is 5.91 Å². The first-order valence-corrected chi connectivity index (χ1v) is 9.29. The molecule has 6 heteroatoms. The number of rotatable bonds is 8. The summed E-state index contributed by atoms with van der Waals surface area (Å²) >= 11 is 3.37. The number of hydrogen-bond donors (Lipinski definition) is 1. The number of alkyl halides is 1. The number of nitrogens with one attached hydrogen (secondary N) is 1. The number of carbonyl (C=O) groups excluding carboxylic acids is 1. The molecule has 2 atom stereocenters. The second kappa shape index (κ2) is 9.69. The van der Waals surface area contributed by atoms with Crippen LogP contribution >= 0.6 is 15.9 Å². The van der Waals surface area contributed by atoms with Crippen LogP contribution in [0.3, 0.4) is 0 Å². The Morgan fingerprint density at radius 2 is 1.85 bits per heavy atom. The third kappa shape index (κ3) is 5.54. The largest absolute Gasteiger partial charge is 0.497 e. The predicted molar refractivity (Wildman–Crippen MR) is 105 cm³/mol. The predicted octanol–water partition coefficient (Wildman–Crippen LogP) is 3.56. The van der Waals surface area contributed by atoms with Gasteiger partial charge >= 0.3 is 0 Å². The highest BCUT2D eigenvalue weighted by Crippen LogP contribution is 2.21. The van der Waals surface area contributed by atoms with Gasteiger partial charge in [0.15, 0.2) is 0 Å². The first kappa shape index (κ1) is 20.4. The molecule has 0 fully saturated rings. The van der Waals surface area contributed by atoms with Crippen LogP contribution in [0, 0.1) is 5.82 Å². The maximum absolute atomic E-state index is 13.7. The molecule has 2 aromatic carbocycles. The number of halogens is 2. The normalized spacial score (nSPS) is 13.3. The van der Waals surface area contributed by atoms with E-state index in [-0.39, 0.29) is 17.8 Å². The third-order valence-corrected chi connectivity index (χ3v) is 4.97. The molecule has 0 aliphatic carbocycles. The number of benzene rings is 2. The van der Waals surface area contributed by atoms with Crippen molar-refractivity contribution in [2.75, 3.05) is 27.7 Å². The number of ether oxygens (including phenoxy) is 1. The minimum Gasteiger partial charge on any atom is -0.497 e. The number of methoxy groups -OCH3 is 1. The van der Waals surface area contributed by atoms with Crippen molar-refractivity contribution < 1.29 is 13.9 Å². The molecule has 1 N–H and O–H groups in total. The summed E-state index contributed by atoms with van der Waals surface area (Å²) in [6.45, 7) is 0.456. The standard InChI is InChI=1S/C20H24BrFN2O2/c1-24(2)19(14-8-10-16(26-3)11-9-14)13-23-20(25)17(21)12-15-6-4-5-7-18(15)22/h4-11,17,19H,12-13H2,1-3H3,(H,23,25). The fourth-order valence-electron chi connectivity index (χ4n) is 2.68. The smallest absolute Gasteiger partial charge is 0.234 e. The fraction of sp³-hybridized carbons (Fsp3) is 0.350. The molecular weight excluding hydrogens is 399 g/mol. The first-order valence-electron chi connectivity index (χ1n) is 8.38. The van der Waals surface area contributed by atoms with E-state index < -0.39 is 4.83 Å². The minimum absolute atomic E-state index is 0.0259. The van der Waals surface area contributed by atoms with Gasteiger partial charge in [0.05, 0.1) is 18.0 Å². The zero-order chi connectivity index (χ0) is 19.1. The van der Waals surface area contributed by atoms with Gasteiger partial charge < -0.3 is 15.0 Å². The molecule has 2 unspecified atom stereocenters. The van der Waals surface area contributed by atoms with Crippen molar-refractivity contribution in [3.63, 3.8) is 0 Å². The quantitative estimate of drug-likeness (QED) is 0.661. The molecule has 0 radical (unpaired) electrons. The Bertz CT molecular complexity index is 722. The SMILES string of the molecule is COc1ccc(C(CNC(=O)C(Br)Cc2ccccc2F)N(C)C)cc1. The lowest BCUT2D eigenvalue weighted by molar-refractivity contribution is -0.120. The van der Waals surface area contributed by atoms with Crippen LogP contribution in [-0.4, -0.2) is 43.4 Å². The average Bonchev–Trinajstić information content (AvgIpc) is 2.63. The van der Waals surface area contributed by atoms with Crippen LogP contribution in [0.1, 0.15) is 17.2 Å². The molecule has 140 valence electrons. The Kier molecular flexibility index (Phi) is 7.60. The van der Waals surface area contributed by atoms with E-state index in [1.165, 1.54) is 6.07 Å². The zero-order valence-corrected chi connectivity index (χ0v) is 16.8. The molecule has 0 aliphatic rings. The van der Waals surface area contributed by atoms with E-state index in [9.17, 15) is 9.18 Å². The summed E-state index contributed by atoms with van der Waals surface area (Å²) in [6, 6.07) is 14.3. The number of amides is 1. The molecule has 2 rings (SSSR count). The highest BCUT2D eigenvalue weighted by molar-refractivity contribution is 9.10. The lowest BCUT2D eigenvalue weighted by Crippen LogP contribution is -2.38. The number of nitrogens with zero attached hydrogens (tertiary/aromatic N) is 1. The van der Waals surface area contributed by atoms with Gasteiger partial charge in [-0.1, -0.05) is 46.3 Å². The maximum atomic E-state index is 13.7. The first-order chi connectivity index (χ1) is 12.4. The molecule has 0 aromatic heterocycles. The van der Waals surface area contributed by atoms with Gasteiger partial charge in [-0.3, -0.25) is 4.79 Å². The monoisotopic (exact) mass is 422 g/mol. The molecule has 1 amide bonds. The lowest BCUT2D eigenvalue weighted by atomic mass is 10.1. The Hall–Kier alpha value is -1.92. The summed E-state index contributed by atoms with van der Waals surface area (Å²) in [5, 5.41) is 2.95. The van der Waals surface area contributed by atoms with Gasteiger partial charge in [0.25, 0.3) is 0 Å². The van der Waals surface area contributed by atoms with E-state index in [0.29, 0.717) is 18.5 Å². The number of carbonyl (C=O) groups is 1. The molecule has 0 saturated heterocycles. The second-order valence-electron chi connectivity index (χ2n) is 6.26. The van der Waals surface area contributed by atoms with Gasteiger partial charge in [-0.2, -0.15) is 0 Å². The zero-order valence-electron chi connectivity index (χ0n) is 15.2. The maximum Gasteiger partial charge on any atom is 0.234 e. The summed E-state index contributed by atoms with van der Waals surface area (Å²) in [5.41, 5.74) is 1.60. The topological polar surface area (TPSA) is 41.6 Å². The highest BCUT2D eigenvalue weighted by Gasteiger charge is 2.20. The summed E-state index contributed by atoms with van der Waals surface area (Å²) in [7, 11) is 5.56. The van der Waals surface area contributed by atoms with Crippen LogP contribution in [0.2, 0.25) is 0 Å². The second-order valence-corrected chi connectivity index (χ2v) is 7.37. The van der Waals surface area contributed by atoms with Crippen LogP contribution in [0.25, 0.3) is 0 Å². The van der Waals surface area contributed by atoms with Crippen molar-refractivity contribution in [3.05, 3.63) is 65.5 Å². The van der Waals surface area contributed by atoms with Crippen molar-refractivity contribution >= 4 is 21.8 Å². The Morgan fingerprint density at radius 3 is 2.42 bits per heavy atom. The van der Waals surface area contributed by atoms with Crippen LogP contribution < -0.4 is 10.1 Å². The summed E-state index contributed by atoms with van der Waals surface area (Å²) < 4.78 is 18.9. The van der Waals surface area contributed by atoms with E-state index in [1.807, 2.05) is 43.3 Å². The third-order valence-electron chi connectivity index (χ3n) is 4.24. The molecule has 2 aromatic rings. The van der Waals surface area contributed by atoms with Gasteiger partial charge in [-0.25, -0.2) is 4.39 Å². The Balaban J connectivity index is 1.97. The van der Waals surface area contributed by atoms with E-state index in [4.69, 9.17) is 4.74 Å². The van der Waals surface area contributed by atoms with Gasteiger partial charge in [-0.15, -0.1) is 0 Å². The van der Waals surface area contributed by atoms with Crippen molar-refractivity contribution in [2.24, 2.45) is 0 Å². The summed E-state index contributed by atoms with van der Waals surface area (Å²) in [4.78, 5) is 14.0. The van der Waals surface area contributed by atoms with Crippen LogP contribution in [-0.2, 0) is 11.2 Å². The molecule has 0 aliphatic heterocycles. The molecular formula is C20H24BrFN2O2. The molecule has 4 nitrogen and oxygen atoms in total. The van der Waals surface area contributed by atoms with Crippen molar-refractivity contribution in [1.29, 1.82) is 0 Å². The summed E-state index contributed by atoms with van der Waals surface area (Å²) in [6.07, 6.45) is 0.299. The van der Waals surface area contributed by atoms with E-state index in [0.717, 1.165) is 11.3 Å².